The van der Waals surface area contributed by atoms with E-state index < -0.39 is 0 Å². The highest BCUT2D eigenvalue weighted by Crippen LogP contribution is 2.36. The number of nitrogens with zero attached hydrogens (tertiary/aromatic N) is 1. The van der Waals surface area contributed by atoms with Crippen LogP contribution in [0.1, 0.15) is 50.4 Å². The predicted molar refractivity (Wildman–Crippen MR) is 80.1 cm³/mol. The maximum atomic E-state index is 12.4. The van der Waals surface area contributed by atoms with Gasteiger partial charge in [-0.25, -0.2) is 4.98 Å². The lowest BCUT2D eigenvalue weighted by Gasteiger charge is -2.18. The quantitative estimate of drug-likeness (QED) is 0.801. The van der Waals surface area contributed by atoms with Crippen molar-refractivity contribution in [2.24, 2.45) is 5.92 Å². The van der Waals surface area contributed by atoms with Crippen LogP contribution in [0.4, 0.5) is 0 Å². The Morgan fingerprint density at radius 1 is 1.37 bits per heavy atom. The maximum absolute atomic E-state index is 12.4. The second kappa shape index (κ2) is 4.17. The summed E-state index contributed by atoms with van der Waals surface area (Å²) in [6.45, 7) is 8.49. The number of rotatable bonds is 0. The minimum absolute atomic E-state index is 0.0431. The predicted octanol–water partition coefficient (Wildman–Crippen LogP) is 3.41. The molecule has 1 atom stereocenters. The first kappa shape index (κ1) is 12.9. The van der Waals surface area contributed by atoms with E-state index in [0.717, 1.165) is 28.9 Å². The third-order valence-corrected chi connectivity index (χ3v) is 5.06. The molecule has 0 saturated carbocycles. The molecule has 19 heavy (non-hydrogen) atoms. The standard InChI is InChI=1S/C15H20N2OS/c1-8-5-6-10-9(7-8)11-12(18)16-14(15(2,3)4)17-13(11)19-10/h8H,5-7H2,1-4H3,(H,16,17,18). The summed E-state index contributed by atoms with van der Waals surface area (Å²) in [4.78, 5) is 22.4. The van der Waals surface area contributed by atoms with Gasteiger partial charge >= 0.3 is 0 Å². The van der Waals surface area contributed by atoms with E-state index in [4.69, 9.17) is 4.98 Å². The van der Waals surface area contributed by atoms with Gasteiger partial charge in [-0.15, -0.1) is 11.3 Å². The molecule has 1 N–H and O–H groups in total. The summed E-state index contributed by atoms with van der Waals surface area (Å²) >= 11 is 1.72. The Balaban J connectivity index is 2.27. The molecule has 0 amide bonds. The number of nitrogens with one attached hydrogen (secondary N) is 1. The van der Waals surface area contributed by atoms with Crippen LogP contribution >= 0.6 is 11.3 Å². The van der Waals surface area contributed by atoms with Crippen molar-refractivity contribution < 1.29 is 0 Å². The van der Waals surface area contributed by atoms with Crippen LogP contribution in [0.5, 0.6) is 0 Å². The molecule has 2 aromatic rings. The molecule has 4 heteroatoms. The van der Waals surface area contributed by atoms with E-state index >= 15 is 0 Å². The SMILES string of the molecule is CC1CCc2sc3nc(C(C)(C)C)[nH]c(=O)c3c2C1. The minimum atomic E-state index is -0.120. The first-order valence-electron chi connectivity index (χ1n) is 6.91. The largest absolute Gasteiger partial charge is 0.309 e. The zero-order valence-corrected chi connectivity index (χ0v) is 12.8. The van der Waals surface area contributed by atoms with Crippen molar-refractivity contribution >= 4 is 21.6 Å². The van der Waals surface area contributed by atoms with Gasteiger partial charge in [0.15, 0.2) is 0 Å². The van der Waals surface area contributed by atoms with Crippen molar-refractivity contribution in [3.63, 3.8) is 0 Å². The molecular formula is C15H20N2OS. The highest BCUT2D eigenvalue weighted by Gasteiger charge is 2.25. The summed E-state index contributed by atoms with van der Waals surface area (Å²) in [5, 5.41) is 0.847. The second-order valence-electron chi connectivity index (χ2n) is 6.70. The molecule has 1 aliphatic carbocycles. The summed E-state index contributed by atoms with van der Waals surface area (Å²) in [5.74, 6) is 1.46. The van der Waals surface area contributed by atoms with Gasteiger partial charge in [-0.2, -0.15) is 0 Å². The average Bonchev–Trinajstić information content (AvgIpc) is 2.65. The van der Waals surface area contributed by atoms with Gasteiger partial charge in [-0.05, 0) is 30.7 Å². The van der Waals surface area contributed by atoms with Crippen molar-refractivity contribution in [1.29, 1.82) is 0 Å². The molecule has 0 aromatic carbocycles. The Morgan fingerprint density at radius 2 is 2.11 bits per heavy atom. The number of H-pyrrole nitrogens is 1. The fourth-order valence-electron chi connectivity index (χ4n) is 2.71. The summed E-state index contributed by atoms with van der Waals surface area (Å²) < 4.78 is 0. The zero-order valence-electron chi connectivity index (χ0n) is 12.0. The third-order valence-electron chi connectivity index (χ3n) is 3.87. The topological polar surface area (TPSA) is 45.8 Å². The van der Waals surface area contributed by atoms with E-state index in [1.165, 1.54) is 16.9 Å². The molecule has 3 rings (SSSR count). The summed E-state index contributed by atoms with van der Waals surface area (Å²) in [7, 11) is 0. The van der Waals surface area contributed by atoms with Gasteiger partial charge in [0.1, 0.15) is 10.7 Å². The third kappa shape index (κ3) is 2.12. The normalized spacial score (nSPS) is 19.7. The van der Waals surface area contributed by atoms with Crippen LogP contribution < -0.4 is 5.56 Å². The minimum Gasteiger partial charge on any atom is -0.309 e. The van der Waals surface area contributed by atoms with E-state index in [1.807, 2.05) is 0 Å². The molecular weight excluding hydrogens is 256 g/mol. The lowest BCUT2D eigenvalue weighted by molar-refractivity contribution is 0.508. The Kier molecular flexibility index (Phi) is 2.82. The van der Waals surface area contributed by atoms with Gasteiger partial charge in [0.2, 0.25) is 0 Å². The molecule has 1 unspecified atom stereocenters. The monoisotopic (exact) mass is 276 g/mol. The van der Waals surface area contributed by atoms with Crippen LogP contribution in [0.15, 0.2) is 4.79 Å². The Morgan fingerprint density at radius 3 is 2.79 bits per heavy atom. The molecule has 0 aliphatic heterocycles. The molecule has 0 spiro atoms. The lowest BCUT2D eigenvalue weighted by Crippen LogP contribution is -2.22. The first-order valence-corrected chi connectivity index (χ1v) is 7.73. The van der Waals surface area contributed by atoms with E-state index in [2.05, 4.69) is 32.7 Å². The molecule has 3 nitrogen and oxygen atoms in total. The lowest BCUT2D eigenvalue weighted by atomic mass is 9.89. The van der Waals surface area contributed by atoms with Crippen molar-refractivity contribution in [3.8, 4) is 0 Å². The van der Waals surface area contributed by atoms with Gasteiger partial charge in [-0.1, -0.05) is 27.7 Å². The van der Waals surface area contributed by atoms with Crippen LogP contribution in [0, 0.1) is 5.92 Å². The molecule has 0 fully saturated rings. The fraction of sp³-hybridized carbons (Fsp3) is 0.600. The van der Waals surface area contributed by atoms with E-state index in [0.29, 0.717) is 5.92 Å². The average molecular weight is 276 g/mol. The number of aryl methyl sites for hydroxylation is 1. The number of hydrogen-bond acceptors (Lipinski definition) is 3. The summed E-state index contributed by atoms with van der Waals surface area (Å²) in [5.41, 5.74) is 1.18. The van der Waals surface area contributed by atoms with Gasteiger partial charge < -0.3 is 4.98 Å². The van der Waals surface area contributed by atoms with Gasteiger partial charge in [0, 0.05) is 10.3 Å². The molecule has 2 heterocycles. The van der Waals surface area contributed by atoms with Gasteiger partial charge in [-0.3, -0.25) is 4.79 Å². The number of fused-ring (bicyclic) bond motifs is 3. The molecule has 1 aliphatic rings. The summed E-state index contributed by atoms with van der Waals surface area (Å²) in [6.07, 6.45) is 3.35. The van der Waals surface area contributed by atoms with Gasteiger partial charge in [0.25, 0.3) is 5.56 Å². The highest BCUT2D eigenvalue weighted by molar-refractivity contribution is 7.18. The highest BCUT2D eigenvalue weighted by atomic mass is 32.1. The molecule has 0 radical (unpaired) electrons. The van der Waals surface area contributed by atoms with Gasteiger partial charge in [0.05, 0.1) is 5.39 Å². The van der Waals surface area contributed by atoms with Crippen LogP contribution in [0.25, 0.3) is 10.2 Å². The van der Waals surface area contributed by atoms with Crippen LogP contribution in [0.3, 0.4) is 0 Å². The van der Waals surface area contributed by atoms with E-state index in [9.17, 15) is 4.79 Å². The number of aromatic amines is 1. The molecule has 0 saturated heterocycles. The van der Waals surface area contributed by atoms with Crippen LogP contribution in [-0.4, -0.2) is 9.97 Å². The number of thiophene rings is 1. The van der Waals surface area contributed by atoms with Crippen molar-refractivity contribution in [1.82, 2.24) is 9.97 Å². The molecule has 2 aromatic heterocycles. The van der Waals surface area contributed by atoms with Crippen LogP contribution in [0.2, 0.25) is 0 Å². The zero-order chi connectivity index (χ0) is 13.8. The number of hydrogen-bond donors (Lipinski definition) is 1. The Labute approximate surface area is 117 Å². The van der Waals surface area contributed by atoms with E-state index in [-0.39, 0.29) is 11.0 Å². The van der Waals surface area contributed by atoms with Crippen molar-refractivity contribution in [2.45, 2.75) is 52.4 Å². The second-order valence-corrected chi connectivity index (χ2v) is 7.78. The van der Waals surface area contributed by atoms with Crippen molar-refractivity contribution in [2.75, 3.05) is 0 Å². The first-order chi connectivity index (χ1) is 8.86. The summed E-state index contributed by atoms with van der Waals surface area (Å²) in [6, 6.07) is 0. The Hall–Kier alpha value is -1.16. The fourth-order valence-corrected chi connectivity index (χ4v) is 3.93. The Bertz CT molecular complexity index is 690. The number of aromatic nitrogens is 2. The smallest absolute Gasteiger partial charge is 0.259 e. The molecule has 0 bridgehead atoms. The van der Waals surface area contributed by atoms with Crippen molar-refractivity contribution in [3.05, 3.63) is 26.6 Å². The van der Waals surface area contributed by atoms with E-state index in [1.54, 1.807) is 11.3 Å². The molecule has 102 valence electrons. The maximum Gasteiger partial charge on any atom is 0.259 e. The van der Waals surface area contributed by atoms with Crippen LogP contribution in [-0.2, 0) is 18.3 Å².